The number of rotatable bonds is 4. The molecule has 0 aliphatic heterocycles. The molecule has 1 heterocycles. The van der Waals surface area contributed by atoms with Crippen molar-refractivity contribution in [2.45, 2.75) is 6.54 Å². The van der Waals surface area contributed by atoms with E-state index in [0.717, 1.165) is 11.4 Å². The van der Waals surface area contributed by atoms with Crippen molar-refractivity contribution in [1.29, 1.82) is 0 Å². The molecule has 0 saturated carbocycles. The lowest BCUT2D eigenvalue weighted by molar-refractivity contribution is 0.0697. The number of anilines is 1. The highest BCUT2D eigenvalue weighted by Gasteiger charge is 2.06. The van der Waals surface area contributed by atoms with Crippen LogP contribution in [0.25, 0.3) is 0 Å². The van der Waals surface area contributed by atoms with Gasteiger partial charge in [-0.3, -0.25) is 0 Å². The minimum atomic E-state index is -0.950. The first kappa shape index (κ1) is 11.7. The van der Waals surface area contributed by atoms with E-state index in [-0.39, 0.29) is 5.56 Å². The zero-order chi connectivity index (χ0) is 12.3. The van der Waals surface area contributed by atoms with Crippen molar-refractivity contribution in [2.75, 3.05) is 5.32 Å². The van der Waals surface area contributed by atoms with E-state index in [1.165, 1.54) is 12.3 Å². The van der Waals surface area contributed by atoms with Crippen LogP contribution in [0.5, 0.6) is 0 Å². The summed E-state index contributed by atoms with van der Waals surface area (Å²) >= 11 is 3.31. The number of carbonyl (C=O) groups is 1. The summed E-state index contributed by atoms with van der Waals surface area (Å²) in [5, 5.41) is 15.7. The van der Waals surface area contributed by atoms with Gasteiger partial charge in [0.25, 0.3) is 0 Å². The second-order valence-corrected chi connectivity index (χ2v) is 4.20. The molecule has 2 aromatic rings. The van der Waals surface area contributed by atoms with E-state index in [1.54, 1.807) is 18.2 Å². The van der Waals surface area contributed by atoms with Crippen molar-refractivity contribution in [3.8, 4) is 0 Å². The summed E-state index contributed by atoms with van der Waals surface area (Å²) in [4.78, 5) is 10.7. The molecule has 0 saturated heterocycles. The highest BCUT2D eigenvalue weighted by Crippen LogP contribution is 2.24. The minimum absolute atomic E-state index is 0.240. The van der Waals surface area contributed by atoms with Crippen LogP contribution in [0.4, 0.5) is 5.69 Å². The standard InChI is InChI=1S/C11H9BrN2O3/c12-9-5-7(11(15)16)1-2-10(9)13-6-8-3-4-17-14-8/h1-5,13H,6H2,(H,15,16). The first-order chi connectivity index (χ1) is 8.16. The predicted molar refractivity (Wildman–Crippen MR) is 64.9 cm³/mol. The molecule has 0 aliphatic carbocycles. The SMILES string of the molecule is O=C(O)c1ccc(NCc2ccon2)c(Br)c1. The Labute approximate surface area is 106 Å². The van der Waals surface area contributed by atoms with Crippen LogP contribution >= 0.6 is 15.9 Å². The highest BCUT2D eigenvalue weighted by atomic mass is 79.9. The zero-order valence-electron chi connectivity index (χ0n) is 8.68. The van der Waals surface area contributed by atoms with E-state index in [4.69, 9.17) is 9.63 Å². The average Bonchev–Trinajstić information content (AvgIpc) is 2.80. The molecular formula is C11H9BrN2O3. The Morgan fingerprint density at radius 3 is 2.88 bits per heavy atom. The van der Waals surface area contributed by atoms with Crippen LogP contribution in [0.15, 0.2) is 39.5 Å². The van der Waals surface area contributed by atoms with Gasteiger partial charge in [-0.1, -0.05) is 5.16 Å². The van der Waals surface area contributed by atoms with Crippen LogP contribution in [-0.4, -0.2) is 16.2 Å². The van der Waals surface area contributed by atoms with E-state index in [9.17, 15) is 4.79 Å². The summed E-state index contributed by atoms with van der Waals surface area (Å²) in [7, 11) is 0. The monoisotopic (exact) mass is 296 g/mol. The van der Waals surface area contributed by atoms with Crippen molar-refractivity contribution in [2.24, 2.45) is 0 Å². The molecule has 1 aromatic carbocycles. The van der Waals surface area contributed by atoms with Gasteiger partial charge < -0.3 is 14.9 Å². The van der Waals surface area contributed by atoms with E-state index in [0.29, 0.717) is 11.0 Å². The van der Waals surface area contributed by atoms with E-state index >= 15 is 0 Å². The smallest absolute Gasteiger partial charge is 0.335 e. The Hall–Kier alpha value is -1.82. The Morgan fingerprint density at radius 1 is 1.47 bits per heavy atom. The van der Waals surface area contributed by atoms with E-state index < -0.39 is 5.97 Å². The lowest BCUT2D eigenvalue weighted by atomic mass is 10.2. The normalized spacial score (nSPS) is 10.2. The first-order valence-corrected chi connectivity index (χ1v) is 5.62. The van der Waals surface area contributed by atoms with E-state index in [2.05, 4.69) is 26.4 Å². The number of aromatic carboxylic acids is 1. The second-order valence-electron chi connectivity index (χ2n) is 3.34. The molecule has 0 fully saturated rings. The molecular weight excluding hydrogens is 288 g/mol. The lowest BCUT2D eigenvalue weighted by Crippen LogP contribution is -2.02. The van der Waals surface area contributed by atoms with Gasteiger partial charge in [0.15, 0.2) is 0 Å². The Morgan fingerprint density at radius 2 is 2.29 bits per heavy atom. The molecule has 0 amide bonds. The van der Waals surface area contributed by atoms with Crippen LogP contribution in [0.2, 0.25) is 0 Å². The van der Waals surface area contributed by atoms with Crippen LogP contribution < -0.4 is 5.32 Å². The van der Waals surface area contributed by atoms with Gasteiger partial charge in [-0.25, -0.2) is 4.79 Å². The molecule has 0 atom stereocenters. The maximum absolute atomic E-state index is 10.7. The quantitative estimate of drug-likeness (QED) is 0.907. The van der Waals surface area contributed by atoms with Gasteiger partial charge in [0.1, 0.15) is 12.0 Å². The van der Waals surface area contributed by atoms with Crippen LogP contribution in [-0.2, 0) is 6.54 Å². The third kappa shape index (κ3) is 2.85. The highest BCUT2D eigenvalue weighted by molar-refractivity contribution is 9.10. The van der Waals surface area contributed by atoms with Crippen molar-refractivity contribution >= 4 is 27.6 Å². The third-order valence-corrected chi connectivity index (χ3v) is 2.82. The molecule has 1 aromatic heterocycles. The summed E-state index contributed by atoms with van der Waals surface area (Å²) in [5.74, 6) is -0.950. The molecule has 2 N–H and O–H groups in total. The summed E-state index contributed by atoms with van der Waals surface area (Å²) in [6, 6.07) is 6.55. The second kappa shape index (κ2) is 5.01. The third-order valence-electron chi connectivity index (χ3n) is 2.17. The fourth-order valence-corrected chi connectivity index (χ4v) is 1.82. The molecule has 5 nitrogen and oxygen atoms in total. The Bertz CT molecular complexity index is 526. The van der Waals surface area contributed by atoms with Crippen molar-refractivity contribution in [3.05, 3.63) is 46.3 Å². The molecule has 2 rings (SSSR count). The average molecular weight is 297 g/mol. The number of aromatic nitrogens is 1. The predicted octanol–water partition coefficient (Wildman–Crippen LogP) is 2.75. The number of benzene rings is 1. The summed E-state index contributed by atoms with van der Waals surface area (Å²) < 4.78 is 5.40. The lowest BCUT2D eigenvalue weighted by Gasteiger charge is -2.07. The van der Waals surface area contributed by atoms with Crippen LogP contribution in [0, 0.1) is 0 Å². The number of carboxylic acid groups (broad SMARTS) is 1. The summed E-state index contributed by atoms with van der Waals surface area (Å²) in [6.45, 7) is 0.515. The molecule has 6 heteroatoms. The zero-order valence-corrected chi connectivity index (χ0v) is 10.3. The van der Waals surface area contributed by atoms with Gasteiger partial charge in [-0.15, -0.1) is 0 Å². The number of nitrogens with zero attached hydrogens (tertiary/aromatic N) is 1. The van der Waals surface area contributed by atoms with Crippen molar-refractivity contribution < 1.29 is 14.4 Å². The first-order valence-electron chi connectivity index (χ1n) is 4.83. The van der Waals surface area contributed by atoms with Gasteiger partial charge in [-0.05, 0) is 34.1 Å². The van der Waals surface area contributed by atoms with Crippen LogP contribution in [0.3, 0.4) is 0 Å². The maximum Gasteiger partial charge on any atom is 0.335 e. The van der Waals surface area contributed by atoms with Crippen LogP contribution in [0.1, 0.15) is 16.1 Å². The molecule has 88 valence electrons. The van der Waals surface area contributed by atoms with Gasteiger partial charge in [-0.2, -0.15) is 0 Å². The summed E-state index contributed by atoms with van der Waals surface area (Å²) in [5.41, 5.74) is 1.82. The minimum Gasteiger partial charge on any atom is -0.478 e. The number of halogens is 1. The fraction of sp³-hybridized carbons (Fsp3) is 0.0909. The topological polar surface area (TPSA) is 75.4 Å². The number of hydrogen-bond acceptors (Lipinski definition) is 4. The molecule has 0 aliphatic rings. The molecule has 0 radical (unpaired) electrons. The maximum atomic E-state index is 10.7. The Kier molecular flexibility index (Phi) is 3.43. The number of hydrogen-bond donors (Lipinski definition) is 2. The van der Waals surface area contributed by atoms with Gasteiger partial charge in [0, 0.05) is 16.2 Å². The summed E-state index contributed by atoms with van der Waals surface area (Å²) in [6.07, 6.45) is 1.50. The molecule has 0 unspecified atom stereocenters. The van der Waals surface area contributed by atoms with Gasteiger partial charge in [0.05, 0.1) is 12.1 Å². The van der Waals surface area contributed by atoms with Gasteiger partial charge >= 0.3 is 5.97 Å². The Balaban J connectivity index is 2.09. The molecule has 0 bridgehead atoms. The fourth-order valence-electron chi connectivity index (χ4n) is 1.31. The van der Waals surface area contributed by atoms with Crippen molar-refractivity contribution in [1.82, 2.24) is 5.16 Å². The van der Waals surface area contributed by atoms with E-state index in [1.807, 2.05) is 0 Å². The van der Waals surface area contributed by atoms with Gasteiger partial charge in [0.2, 0.25) is 0 Å². The molecule has 17 heavy (non-hydrogen) atoms. The molecule has 0 spiro atoms. The number of carboxylic acids is 1. The van der Waals surface area contributed by atoms with Crippen molar-refractivity contribution in [3.63, 3.8) is 0 Å². The number of nitrogens with one attached hydrogen (secondary N) is 1. The largest absolute Gasteiger partial charge is 0.478 e.